The van der Waals surface area contributed by atoms with E-state index in [0.717, 1.165) is 23.1 Å². The molecule has 0 radical (unpaired) electrons. The molecule has 0 aromatic heterocycles. The lowest BCUT2D eigenvalue weighted by molar-refractivity contribution is 0.350. The molecule has 1 fully saturated rings. The second-order valence-corrected chi connectivity index (χ2v) is 5.56. The first-order valence-corrected chi connectivity index (χ1v) is 6.94. The van der Waals surface area contributed by atoms with Gasteiger partial charge in [-0.15, -0.1) is 0 Å². The monoisotopic (exact) mass is 298 g/mol. The van der Waals surface area contributed by atoms with E-state index in [9.17, 15) is 0 Å². The highest BCUT2D eigenvalue weighted by Crippen LogP contribution is 2.38. The Bertz CT molecular complexity index is 392. The zero-order valence-electron chi connectivity index (χ0n) is 10.6. The summed E-state index contributed by atoms with van der Waals surface area (Å²) in [5.41, 5.74) is 1.26. The minimum atomic E-state index is 0.443. The minimum absolute atomic E-state index is 0.443. The van der Waals surface area contributed by atoms with E-state index in [1.165, 1.54) is 5.56 Å². The molecule has 1 aliphatic heterocycles. The molecule has 1 aliphatic rings. The van der Waals surface area contributed by atoms with Crippen LogP contribution in [-0.2, 0) is 4.74 Å². The van der Waals surface area contributed by atoms with Crippen molar-refractivity contribution in [2.24, 2.45) is 0 Å². The molecule has 1 aromatic carbocycles. The summed E-state index contributed by atoms with van der Waals surface area (Å²) < 4.78 is 12.1. The molecule has 2 rings (SSSR count). The van der Waals surface area contributed by atoms with Gasteiger partial charge in [-0.25, -0.2) is 0 Å². The van der Waals surface area contributed by atoms with Crippen molar-refractivity contribution in [1.29, 1.82) is 0 Å². The molecule has 94 valence electrons. The summed E-state index contributed by atoms with van der Waals surface area (Å²) in [7, 11) is 1.72. The van der Waals surface area contributed by atoms with Crippen LogP contribution in [0.4, 0.5) is 0 Å². The van der Waals surface area contributed by atoms with Crippen molar-refractivity contribution in [2.45, 2.75) is 44.8 Å². The first-order chi connectivity index (χ1) is 8.15. The van der Waals surface area contributed by atoms with Crippen LogP contribution in [0.3, 0.4) is 0 Å². The lowest BCUT2D eigenvalue weighted by Gasteiger charge is -2.15. The summed E-state index contributed by atoms with van der Waals surface area (Å²) in [5, 5.41) is 0. The predicted octanol–water partition coefficient (Wildman–Crippen LogP) is 4.13. The van der Waals surface area contributed by atoms with E-state index in [4.69, 9.17) is 9.47 Å². The number of epoxide rings is 1. The van der Waals surface area contributed by atoms with Crippen LogP contribution in [-0.4, -0.2) is 19.3 Å². The quantitative estimate of drug-likeness (QED) is 0.763. The van der Waals surface area contributed by atoms with Gasteiger partial charge >= 0.3 is 0 Å². The summed E-state index contributed by atoms with van der Waals surface area (Å²) in [6.07, 6.45) is 3.12. The van der Waals surface area contributed by atoms with Crippen molar-refractivity contribution in [2.75, 3.05) is 7.11 Å². The Morgan fingerprint density at radius 3 is 2.76 bits per heavy atom. The summed E-state index contributed by atoms with van der Waals surface area (Å²) in [5.74, 6) is 1.43. The van der Waals surface area contributed by atoms with E-state index in [-0.39, 0.29) is 0 Å². The van der Waals surface area contributed by atoms with Gasteiger partial charge in [-0.1, -0.05) is 29.8 Å². The molecule has 2 nitrogen and oxygen atoms in total. The molecule has 0 aliphatic carbocycles. The molecule has 0 spiro atoms. The van der Waals surface area contributed by atoms with Gasteiger partial charge in [0.1, 0.15) is 5.75 Å². The van der Waals surface area contributed by atoms with Crippen molar-refractivity contribution < 1.29 is 9.47 Å². The first kappa shape index (κ1) is 12.9. The van der Waals surface area contributed by atoms with Crippen LogP contribution in [0.15, 0.2) is 22.7 Å². The van der Waals surface area contributed by atoms with Crippen LogP contribution < -0.4 is 4.74 Å². The topological polar surface area (TPSA) is 21.8 Å². The minimum Gasteiger partial charge on any atom is -0.496 e. The molecule has 0 bridgehead atoms. The molecule has 17 heavy (non-hydrogen) atoms. The van der Waals surface area contributed by atoms with E-state index in [0.29, 0.717) is 18.1 Å². The van der Waals surface area contributed by atoms with Gasteiger partial charge in [0, 0.05) is 4.47 Å². The summed E-state index contributed by atoms with van der Waals surface area (Å²) in [4.78, 5) is 0. The largest absolute Gasteiger partial charge is 0.496 e. The molecule has 1 aromatic rings. The highest BCUT2D eigenvalue weighted by molar-refractivity contribution is 9.10. The van der Waals surface area contributed by atoms with Crippen LogP contribution in [0.25, 0.3) is 0 Å². The Morgan fingerprint density at radius 1 is 1.41 bits per heavy atom. The van der Waals surface area contributed by atoms with Gasteiger partial charge < -0.3 is 9.47 Å². The van der Waals surface area contributed by atoms with Crippen LogP contribution >= 0.6 is 15.9 Å². The summed E-state index contributed by atoms with van der Waals surface area (Å²) in [6.45, 7) is 4.41. The average molecular weight is 299 g/mol. The lowest BCUT2D eigenvalue weighted by atomic mass is 9.94. The highest BCUT2D eigenvalue weighted by Gasteiger charge is 2.38. The Morgan fingerprint density at radius 2 is 2.18 bits per heavy atom. The second-order valence-electron chi connectivity index (χ2n) is 4.64. The van der Waals surface area contributed by atoms with E-state index in [2.05, 4.69) is 35.8 Å². The van der Waals surface area contributed by atoms with E-state index >= 15 is 0 Å². The number of hydrogen-bond donors (Lipinski definition) is 0. The third-order valence-corrected chi connectivity index (χ3v) is 3.89. The molecule has 3 atom stereocenters. The van der Waals surface area contributed by atoms with Crippen molar-refractivity contribution in [3.05, 3.63) is 28.2 Å². The third-order valence-electron chi connectivity index (χ3n) is 3.40. The molecule has 0 N–H and O–H groups in total. The zero-order chi connectivity index (χ0) is 12.4. The average Bonchev–Trinajstić information content (AvgIpc) is 3.07. The first-order valence-electron chi connectivity index (χ1n) is 6.14. The van der Waals surface area contributed by atoms with Gasteiger partial charge in [0.25, 0.3) is 0 Å². The molecule has 0 amide bonds. The molecule has 3 heteroatoms. The zero-order valence-corrected chi connectivity index (χ0v) is 12.2. The van der Waals surface area contributed by atoms with E-state index < -0.39 is 0 Å². The Balaban J connectivity index is 2.07. The van der Waals surface area contributed by atoms with Crippen molar-refractivity contribution in [3.8, 4) is 5.75 Å². The van der Waals surface area contributed by atoms with E-state index in [1.54, 1.807) is 7.11 Å². The number of methoxy groups -OCH3 is 1. The van der Waals surface area contributed by atoms with Crippen LogP contribution in [0.2, 0.25) is 0 Å². The summed E-state index contributed by atoms with van der Waals surface area (Å²) in [6, 6.07) is 6.17. The Labute approximate surface area is 111 Å². The SMILES string of the molecule is CCC1OC1CC(C)c1cc(Br)ccc1OC. The summed E-state index contributed by atoms with van der Waals surface area (Å²) >= 11 is 3.51. The fraction of sp³-hybridized carbons (Fsp3) is 0.571. The standard InChI is InChI=1S/C14H19BrO2/c1-4-12-14(17-12)7-9(2)11-8-10(15)5-6-13(11)16-3/h5-6,8-9,12,14H,4,7H2,1-3H3. The fourth-order valence-corrected chi connectivity index (χ4v) is 2.69. The second kappa shape index (κ2) is 5.40. The maximum Gasteiger partial charge on any atom is 0.122 e. The lowest BCUT2D eigenvalue weighted by Crippen LogP contribution is -2.03. The van der Waals surface area contributed by atoms with Crippen molar-refractivity contribution in [3.63, 3.8) is 0 Å². The molecule has 0 saturated carbocycles. The van der Waals surface area contributed by atoms with Gasteiger partial charge in [0.2, 0.25) is 0 Å². The van der Waals surface area contributed by atoms with Crippen molar-refractivity contribution >= 4 is 15.9 Å². The number of halogens is 1. The molecule has 1 heterocycles. The maximum absolute atomic E-state index is 5.61. The van der Waals surface area contributed by atoms with Gasteiger partial charge in [0.05, 0.1) is 19.3 Å². The number of rotatable bonds is 5. The predicted molar refractivity (Wildman–Crippen MR) is 72.7 cm³/mol. The Kier molecular flexibility index (Phi) is 4.10. The Hall–Kier alpha value is -0.540. The van der Waals surface area contributed by atoms with Crippen LogP contribution in [0.1, 0.15) is 38.2 Å². The third kappa shape index (κ3) is 3.02. The number of benzene rings is 1. The van der Waals surface area contributed by atoms with Gasteiger partial charge in [-0.2, -0.15) is 0 Å². The van der Waals surface area contributed by atoms with Crippen LogP contribution in [0, 0.1) is 0 Å². The van der Waals surface area contributed by atoms with Gasteiger partial charge in [0.15, 0.2) is 0 Å². The highest BCUT2D eigenvalue weighted by atomic mass is 79.9. The fourth-order valence-electron chi connectivity index (χ4n) is 2.31. The normalized spacial score (nSPS) is 24.5. The van der Waals surface area contributed by atoms with Crippen LogP contribution in [0.5, 0.6) is 5.75 Å². The van der Waals surface area contributed by atoms with Gasteiger partial charge in [-0.3, -0.25) is 0 Å². The number of ether oxygens (including phenoxy) is 2. The molecular weight excluding hydrogens is 280 g/mol. The smallest absolute Gasteiger partial charge is 0.122 e. The molecular formula is C14H19BrO2. The number of hydrogen-bond acceptors (Lipinski definition) is 2. The van der Waals surface area contributed by atoms with Crippen molar-refractivity contribution in [1.82, 2.24) is 0 Å². The van der Waals surface area contributed by atoms with Gasteiger partial charge in [-0.05, 0) is 42.5 Å². The molecule has 1 saturated heterocycles. The van der Waals surface area contributed by atoms with E-state index in [1.807, 2.05) is 12.1 Å². The maximum atomic E-state index is 5.61. The molecule has 3 unspecified atom stereocenters.